The number of imide groups is 2. The van der Waals surface area contributed by atoms with E-state index in [4.69, 9.17) is 21.1 Å². The van der Waals surface area contributed by atoms with E-state index in [-0.39, 0.29) is 17.2 Å². The summed E-state index contributed by atoms with van der Waals surface area (Å²) >= 11 is 6.58. The Hall–Kier alpha value is -4.10. The number of ether oxygens (including phenoxy) is 2. The molecule has 0 spiro atoms. The zero-order valence-corrected chi connectivity index (χ0v) is 22.5. The summed E-state index contributed by atoms with van der Waals surface area (Å²) in [6.07, 6.45) is 2.20. The number of barbiturate groups is 1. The van der Waals surface area contributed by atoms with Crippen LogP contribution in [0.2, 0.25) is 5.02 Å². The van der Waals surface area contributed by atoms with E-state index in [0.29, 0.717) is 29.4 Å². The monoisotopic (exact) mass is 532 g/mol. The van der Waals surface area contributed by atoms with Gasteiger partial charge in [-0.1, -0.05) is 48.9 Å². The number of urea groups is 1. The Labute approximate surface area is 227 Å². The van der Waals surface area contributed by atoms with Gasteiger partial charge in [0.15, 0.2) is 11.5 Å². The van der Waals surface area contributed by atoms with E-state index in [2.05, 4.69) is 11.4 Å². The summed E-state index contributed by atoms with van der Waals surface area (Å²) in [4.78, 5) is 39.4. The number of hydrogen-bond donors (Lipinski definition) is 1. The van der Waals surface area contributed by atoms with Gasteiger partial charge in [-0.2, -0.15) is 0 Å². The van der Waals surface area contributed by atoms with Crippen LogP contribution in [0.5, 0.6) is 11.5 Å². The Balaban J connectivity index is 1.64. The first-order chi connectivity index (χ1) is 18.2. The van der Waals surface area contributed by atoms with E-state index >= 15 is 0 Å². The van der Waals surface area contributed by atoms with Gasteiger partial charge >= 0.3 is 6.03 Å². The van der Waals surface area contributed by atoms with Crippen LogP contribution in [0.1, 0.15) is 41.7 Å². The molecular weight excluding hydrogens is 504 g/mol. The van der Waals surface area contributed by atoms with E-state index in [1.54, 1.807) is 24.3 Å². The number of aryl methyl sites for hydroxylation is 3. The van der Waals surface area contributed by atoms with Crippen LogP contribution in [0.4, 0.5) is 10.5 Å². The minimum atomic E-state index is -0.801. The van der Waals surface area contributed by atoms with E-state index in [9.17, 15) is 14.4 Å². The Morgan fingerprint density at radius 2 is 1.61 bits per heavy atom. The summed E-state index contributed by atoms with van der Waals surface area (Å²) in [6.45, 7) is 8.57. The molecular formula is C30H29ClN2O5. The molecule has 0 bridgehead atoms. The van der Waals surface area contributed by atoms with Gasteiger partial charge in [-0.15, -0.1) is 0 Å². The minimum absolute atomic E-state index is 0.202. The lowest BCUT2D eigenvalue weighted by Crippen LogP contribution is -2.54. The van der Waals surface area contributed by atoms with Crippen LogP contribution >= 0.6 is 11.6 Å². The van der Waals surface area contributed by atoms with Gasteiger partial charge in [-0.05, 0) is 85.4 Å². The fourth-order valence-electron chi connectivity index (χ4n) is 4.06. The van der Waals surface area contributed by atoms with Gasteiger partial charge in [-0.3, -0.25) is 14.9 Å². The lowest BCUT2D eigenvalue weighted by Gasteiger charge is -2.26. The van der Waals surface area contributed by atoms with E-state index in [0.717, 1.165) is 28.0 Å². The Morgan fingerprint density at radius 1 is 0.895 bits per heavy atom. The Kier molecular flexibility index (Phi) is 8.17. The summed E-state index contributed by atoms with van der Waals surface area (Å²) in [5.74, 6) is -0.777. The van der Waals surface area contributed by atoms with Gasteiger partial charge in [-0.25, -0.2) is 9.69 Å². The number of hydrogen-bond acceptors (Lipinski definition) is 5. The zero-order chi connectivity index (χ0) is 27.4. The van der Waals surface area contributed by atoms with Crippen LogP contribution in [-0.2, 0) is 22.6 Å². The molecule has 1 fully saturated rings. The summed E-state index contributed by atoms with van der Waals surface area (Å²) in [6, 6.07) is 15.5. The van der Waals surface area contributed by atoms with Gasteiger partial charge in [0.25, 0.3) is 11.8 Å². The molecule has 38 heavy (non-hydrogen) atoms. The van der Waals surface area contributed by atoms with Crippen molar-refractivity contribution in [2.24, 2.45) is 0 Å². The fourth-order valence-corrected chi connectivity index (χ4v) is 4.34. The highest BCUT2D eigenvalue weighted by Crippen LogP contribution is 2.38. The molecule has 3 aromatic rings. The van der Waals surface area contributed by atoms with Crippen LogP contribution < -0.4 is 19.7 Å². The largest absolute Gasteiger partial charge is 0.490 e. The smallest absolute Gasteiger partial charge is 0.335 e. The van der Waals surface area contributed by atoms with Gasteiger partial charge in [0.2, 0.25) is 0 Å². The third kappa shape index (κ3) is 5.73. The van der Waals surface area contributed by atoms with Gasteiger partial charge in [0.1, 0.15) is 12.2 Å². The molecule has 1 aliphatic rings. The molecule has 4 rings (SSSR count). The molecule has 7 nitrogen and oxygen atoms in total. The first kappa shape index (κ1) is 26.9. The van der Waals surface area contributed by atoms with Crippen LogP contribution in [0, 0.1) is 13.8 Å². The molecule has 196 valence electrons. The number of halogens is 1. The summed E-state index contributed by atoms with van der Waals surface area (Å²) < 4.78 is 11.8. The van der Waals surface area contributed by atoms with Crippen LogP contribution in [-0.4, -0.2) is 24.5 Å². The second kappa shape index (κ2) is 11.5. The molecule has 8 heteroatoms. The normalized spacial score (nSPS) is 14.6. The highest BCUT2D eigenvalue weighted by atomic mass is 35.5. The quantitative estimate of drug-likeness (QED) is 0.277. The number of benzene rings is 3. The zero-order valence-electron chi connectivity index (χ0n) is 21.8. The summed E-state index contributed by atoms with van der Waals surface area (Å²) in [7, 11) is 0. The van der Waals surface area contributed by atoms with E-state index in [1.165, 1.54) is 11.6 Å². The molecule has 1 aliphatic heterocycles. The lowest BCUT2D eigenvalue weighted by atomic mass is 10.1. The predicted molar refractivity (Wildman–Crippen MR) is 148 cm³/mol. The molecule has 1 saturated heterocycles. The summed E-state index contributed by atoms with van der Waals surface area (Å²) in [5, 5.41) is 2.50. The predicted octanol–water partition coefficient (Wildman–Crippen LogP) is 6.16. The van der Waals surface area contributed by atoms with E-state index < -0.39 is 17.8 Å². The molecule has 0 aliphatic carbocycles. The molecule has 1 heterocycles. The first-order valence-electron chi connectivity index (χ1n) is 12.4. The second-order valence-corrected chi connectivity index (χ2v) is 9.36. The van der Waals surface area contributed by atoms with Gasteiger partial charge < -0.3 is 9.47 Å². The van der Waals surface area contributed by atoms with Crippen molar-refractivity contribution in [3.63, 3.8) is 0 Å². The molecule has 0 radical (unpaired) electrons. The average molecular weight is 533 g/mol. The molecule has 0 atom stereocenters. The van der Waals surface area contributed by atoms with Crippen molar-refractivity contribution in [1.82, 2.24) is 5.32 Å². The standard InChI is InChI=1S/C30H29ClN2O5/c1-5-20-9-11-23(12-10-20)33-29(35)24(28(34)32-30(33)36)14-22-15-25(31)27(26(16-22)37-6-2)38-17-21-8-7-18(3)19(4)13-21/h7-16H,5-6,17H2,1-4H3,(H,32,34,36)/b24-14+. The third-order valence-corrected chi connectivity index (χ3v) is 6.58. The SMILES string of the molecule is CCOc1cc(/C=C2\C(=O)NC(=O)N(c3ccc(CC)cc3)C2=O)cc(Cl)c1OCc1ccc(C)c(C)c1. The molecule has 3 aromatic carbocycles. The van der Waals surface area contributed by atoms with E-state index in [1.807, 2.05) is 52.0 Å². The van der Waals surface area contributed by atoms with Crippen LogP contribution in [0.3, 0.4) is 0 Å². The van der Waals surface area contributed by atoms with Crippen molar-refractivity contribution >= 4 is 41.2 Å². The Bertz CT molecular complexity index is 1430. The number of nitrogens with one attached hydrogen (secondary N) is 1. The topological polar surface area (TPSA) is 84.9 Å². The van der Waals surface area contributed by atoms with Crippen molar-refractivity contribution < 1.29 is 23.9 Å². The third-order valence-electron chi connectivity index (χ3n) is 6.30. The first-order valence-corrected chi connectivity index (χ1v) is 12.7. The minimum Gasteiger partial charge on any atom is -0.490 e. The van der Waals surface area contributed by atoms with Crippen molar-refractivity contribution in [2.75, 3.05) is 11.5 Å². The summed E-state index contributed by atoms with van der Waals surface area (Å²) in [5.41, 5.74) is 5.01. The number of carbonyl (C=O) groups is 3. The highest BCUT2D eigenvalue weighted by Gasteiger charge is 2.36. The van der Waals surface area contributed by atoms with Crippen LogP contribution in [0.15, 0.2) is 60.2 Å². The molecule has 0 saturated carbocycles. The molecule has 1 N–H and O–H groups in total. The number of nitrogens with zero attached hydrogens (tertiary/aromatic N) is 1. The van der Waals surface area contributed by atoms with Crippen molar-refractivity contribution in [1.29, 1.82) is 0 Å². The highest BCUT2D eigenvalue weighted by molar-refractivity contribution is 6.39. The van der Waals surface area contributed by atoms with Gasteiger partial charge in [0.05, 0.1) is 17.3 Å². The van der Waals surface area contributed by atoms with Crippen molar-refractivity contribution in [3.8, 4) is 11.5 Å². The average Bonchev–Trinajstić information content (AvgIpc) is 2.88. The Morgan fingerprint density at radius 3 is 2.26 bits per heavy atom. The maximum Gasteiger partial charge on any atom is 0.335 e. The molecule has 0 aromatic heterocycles. The maximum atomic E-state index is 13.3. The number of carbonyl (C=O) groups excluding carboxylic acids is 3. The lowest BCUT2D eigenvalue weighted by molar-refractivity contribution is -0.122. The van der Waals surface area contributed by atoms with Crippen LogP contribution in [0.25, 0.3) is 6.08 Å². The molecule has 0 unspecified atom stereocenters. The maximum absolute atomic E-state index is 13.3. The second-order valence-electron chi connectivity index (χ2n) is 8.95. The molecule has 4 amide bonds. The fraction of sp³-hybridized carbons (Fsp3) is 0.233. The van der Waals surface area contributed by atoms with Crippen molar-refractivity contribution in [3.05, 3.63) is 93.0 Å². The number of amides is 4. The van der Waals surface area contributed by atoms with Crippen molar-refractivity contribution in [2.45, 2.75) is 40.7 Å². The van der Waals surface area contributed by atoms with Gasteiger partial charge in [0, 0.05) is 0 Å². The number of anilines is 1. The number of rotatable bonds is 8.